The monoisotopic (exact) mass is 315 g/mol. The van der Waals surface area contributed by atoms with Gasteiger partial charge in [0.2, 0.25) is 5.91 Å². The van der Waals surface area contributed by atoms with E-state index >= 15 is 0 Å². The van der Waals surface area contributed by atoms with Gasteiger partial charge in [0.05, 0.1) is 20.2 Å². The van der Waals surface area contributed by atoms with Gasteiger partial charge in [-0.1, -0.05) is 6.07 Å². The van der Waals surface area contributed by atoms with Crippen molar-refractivity contribution in [2.24, 2.45) is 0 Å². The lowest BCUT2D eigenvalue weighted by Crippen LogP contribution is -2.57. The van der Waals surface area contributed by atoms with E-state index in [9.17, 15) is 9.59 Å². The third-order valence-corrected chi connectivity index (χ3v) is 3.63. The maximum absolute atomic E-state index is 12.1. The molecule has 1 aliphatic heterocycles. The number of likely N-dealkylation sites (tertiary alicyclic amines) is 1. The molecule has 1 aromatic carbocycles. The summed E-state index contributed by atoms with van der Waals surface area (Å²) in [7, 11) is 1.60. The number of ether oxygens (including phenoxy) is 2. The van der Waals surface area contributed by atoms with Crippen molar-refractivity contribution in [3.05, 3.63) is 53.2 Å². The molecule has 2 heterocycles. The molecule has 2 aromatic rings. The van der Waals surface area contributed by atoms with Crippen molar-refractivity contribution in [1.82, 2.24) is 14.5 Å². The van der Waals surface area contributed by atoms with E-state index in [-0.39, 0.29) is 18.6 Å². The van der Waals surface area contributed by atoms with E-state index in [1.807, 2.05) is 18.2 Å². The second-order valence-corrected chi connectivity index (χ2v) is 5.25. The summed E-state index contributed by atoms with van der Waals surface area (Å²) in [5.41, 5.74) is -0.425. The molecule has 0 saturated carbocycles. The molecule has 3 rings (SSSR count). The van der Waals surface area contributed by atoms with Gasteiger partial charge >= 0.3 is 5.69 Å². The second-order valence-electron chi connectivity index (χ2n) is 5.25. The molecule has 1 aliphatic rings. The van der Waals surface area contributed by atoms with Gasteiger partial charge in [0, 0.05) is 18.5 Å². The summed E-state index contributed by atoms with van der Waals surface area (Å²) in [6.45, 7) is 1.01. The molecule has 23 heavy (non-hydrogen) atoms. The number of benzene rings is 1. The second kappa shape index (κ2) is 6.51. The Balaban J connectivity index is 1.51. The number of methoxy groups -OCH3 is 1. The zero-order valence-corrected chi connectivity index (χ0v) is 12.7. The lowest BCUT2D eigenvalue weighted by Gasteiger charge is -2.39. The number of amides is 1. The zero-order valence-electron chi connectivity index (χ0n) is 12.7. The van der Waals surface area contributed by atoms with Crippen LogP contribution in [0.2, 0.25) is 0 Å². The zero-order chi connectivity index (χ0) is 16.2. The Hall–Kier alpha value is -2.83. The highest BCUT2D eigenvalue weighted by atomic mass is 16.5. The van der Waals surface area contributed by atoms with Crippen LogP contribution >= 0.6 is 0 Å². The molecule has 0 radical (unpaired) electrons. The number of nitrogens with zero attached hydrogens (tertiary/aromatic N) is 3. The minimum absolute atomic E-state index is 0.00144. The molecule has 0 N–H and O–H groups in total. The molecule has 1 fully saturated rings. The van der Waals surface area contributed by atoms with Gasteiger partial charge in [-0.3, -0.25) is 9.36 Å². The van der Waals surface area contributed by atoms with Crippen molar-refractivity contribution in [3.63, 3.8) is 0 Å². The smallest absolute Gasteiger partial charge is 0.347 e. The summed E-state index contributed by atoms with van der Waals surface area (Å²) in [6.07, 6.45) is 2.92. The maximum atomic E-state index is 12.1. The maximum Gasteiger partial charge on any atom is 0.347 e. The van der Waals surface area contributed by atoms with E-state index in [4.69, 9.17) is 9.47 Å². The Bertz CT molecular complexity index is 753. The van der Waals surface area contributed by atoms with Crippen molar-refractivity contribution >= 4 is 5.91 Å². The average molecular weight is 315 g/mol. The molecular weight excluding hydrogens is 298 g/mol. The van der Waals surface area contributed by atoms with E-state index < -0.39 is 5.69 Å². The SMILES string of the molecule is COc1cccc(OC2CN(C(=O)Cn3cccnc3=O)C2)c1. The topological polar surface area (TPSA) is 73.7 Å². The van der Waals surface area contributed by atoms with Crippen molar-refractivity contribution < 1.29 is 14.3 Å². The third kappa shape index (κ3) is 3.50. The Kier molecular flexibility index (Phi) is 4.27. The average Bonchev–Trinajstić information content (AvgIpc) is 2.52. The van der Waals surface area contributed by atoms with E-state index in [0.717, 1.165) is 5.75 Å². The van der Waals surface area contributed by atoms with Crippen LogP contribution in [0.4, 0.5) is 0 Å². The Morgan fingerprint density at radius 3 is 2.83 bits per heavy atom. The van der Waals surface area contributed by atoms with Gasteiger partial charge in [0.25, 0.3) is 0 Å². The lowest BCUT2D eigenvalue weighted by atomic mass is 10.1. The van der Waals surface area contributed by atoms with E-state index in [0.29, 0.717) is 18.8 Å². The number of carbonyl (C=O) groups is 1. The highest BCUT2D eigenvalue weighted by Crippen LogP contribution is 2.22. The first-order valence-corrected chi connectivity index (χ1v) is 7.25. The molecule has 120 valence electrons. The van der Waals surface area contributed by atoms with Gasteiger partial charge in [0.15, 0.2) is 0 Å². The normalized spacial score (nSPS) is 14.2. The highest BCUT2D eigenvalue weighted by molar-refractivity contribution is 5.77. The Morgan fingerprint density at radius 2 is 2.09 bits per heavy atom. The first kappa shape index (κ1) is 15.1. The standard InChI is InChI=1S/C16H17N3O4/c1-22-12-4-2-5-13(8-12)23-14-9-19(10-14)15(20)11-18-7-3-6-17-16(18)21/h2-8,14H,9-11H2,1H3. The molecular formula is C16H17N3O4. The van der Waals surface area contributed by atoms with E-state index in [2.05, 4.69) is 4.98 Å². The summed E-state index contributed by atoms with van der Waals surface area (Å²) in [5.74, 6) is 1.32. The molecule has 1 aromatic heterocycles. The summed E-state index contributed by atoms with van der Waals surface area (Å²) in [4.78, 5) is 28.9. The molecule has 0 spiro atoms. The molecule has 0 bridgehead atoms. The van der Waals surface area contributed by atoms with Crippen LogP contribution in [0.15, 0.2) is 47.5 Å². The molecule has 7 nitrogen and oxygen atoms in total. The largest absolute Gasteiger partial charge is 0.497 e. The van der Waals surface area contributed by atoms with Gasteiger partial charge in [-0.25, -0.2) is 9.78 Å². The lowest BCUT2D eigenvalue weighted by molar-refractivity contribution is -0.140. The summed E-state index contributed by atoms with van der Waals surface area (Å²) < 4.78 is 12.2. The number of hydrogen-bond donors (Lipinski definition) is 0. The minimum Gasteiger partial charge on any atom is -0.497 e. The number of aromatic nitrogens is 2. The fourth-order valence-electron chi connectivity index (χ4n) is 2.34. The van der Waals surface area contributed by atoms with Crippen molar-refractivity contribution in [2.45, 2.75) is 12.6 Å². The Morgan fingerprint density at radius 1 is 1.30 bits per heavy atom. The fraction of sp³-hybridized carbons (Fsp3) is 0.312. The van der Waals surface area contributed by atoms with Crippen LogP contribution in [0.3, 0.4) is 0 Å². The first-order chi connectivity index (χ1) is 11.2. The van der Waals surface area contributed by atoms with E-state index in [1.54, 1.807) is 30.3 Å². The summed E-state index contributed by atoms with van der Waals surface area (Å²) in [5, 5.41) is 0. The van der Waals surface area contributed by atoms with Crippen LogP contribution in [-0.4, -0.2) is 46.7 Å². The third-order valence-electron chi connectivity index (χ3n) is 3.63. The fourth-order valence-corrected chi connectivity index (χ4v) is 2.34. The molecule has 0 atom stereocenters. The van der Waals surface area contributed by atoms with Crippen molar-refractivity contribution in [3.8, 4) is 11.5 Å². The van der Waals surface area contributed by atoms with Gasteiger partial charge in [-0.2, -0.15) is 0 Å². The molecule has 0 aliphatic carbocycles. The first-order valence-electron chi connectivity index (χ1n) is 7.25. The predicted octanol–water partition coefficient (Wildman–Crippen LogP) is 0.542. The molecule has 1 amide bonds. The van der Waals surface area contributed by atoms with Crippen molar-refractivity contribution in [1.29, 1.82) is 0 Å². The van der Waals surface area contributed by atoms with Gasteiger partial charge in [0.1, 0.15) is 24.1 Å². The van der Waals surface area contributed by atoms with Crippen LogP contribution in [0.25, 0.3) is 0 Å². The Labute approximate surface area is 133 Å². The quantitative estimate of drug-likeness (QED) is 0.805. The summed E-state index contributed by atoms with van der Waals surface area (Å²) in [6, 6.07) is 8.97. The van der Waals surface area contributed by atoms with Gasteiger partial charge in [-0.05, 0) is 18.2 Å². The molecule has 0 unspecified atom stereocenters. The number of hydrogen-bond acceptors (Lipinski definition) is 5. The predicted molar refractivity (Wildman–Crippen MR) is 82.5 cm³/mol. The van der Waals surface area contributed by atoms with Crippen LogP contribution in [-0.2, 0) is 11.3 Å². The number of rotatable bonds is 5. The number of carbonyl (C=O) groups excluding carboxylic acids is 1. The van der Waals surface area contributed by atoms with Crippen LogP contribution in [0, 0.1) is 0 Å². The molecule has 1 saturated heterocycles. The summed E-state index contributed by atoms with van der Waals surface area (Å²) >= 11 is 0. The van der Waals surface area contributed by atoms with Gasteiger partial charge < -0.3 is 14.4 Å². The van der Waals surface area contributed by atoms with Crippen LogP contribution < -0.4 is 15.2 Å². The van der Waals surface area contributed by atoms with E-state index in [1.165, 1.54) is 10.8 Å². The molecule has 7 heteroatoms. The van der Waals surface area contributed by atoms with Crippen molar-refractivity contribution in [2.75, 3.05) is 20.2 Å². The highest BCUT2D eigenvalue weighted by Gasteiger charge is 2.32. The van der Waals surface area contributed by atoms with Gasteiger partial charge in [-0.15, -0.1) is 0 Å². The van der Waals surface area contributed by atoms with Crippen LogP contribution in [0.5, 0.6) is 11.5 Å². The minimum atomic E-state index is -0.425. The van der Waals surface area contributed by atoms with Crippen LogP contribution in [0.1, 0.15) is 0 Å².